The lowest BCUT2D eigenvalue weighted by Gasteiger charge is -2.21. The molecule has 2 aliphatic heterocycles. The van der Waals surface area contributed by atoms with Gasteiger partial charge in [-0.25, -0.2) is 9.98 Å². The molecular formula is C22H15N3O3. The Morgan fingerprint density at radius 1 is 1.00 bits per heavy atom. The van der Waals surface area contributed by atoms with Crippen molar-refractivity contribution < 1.29 is 13.6 Å². The van der Waals surface area contributed by atoms with E-state index < -0.39 is 0 Å². The number of hydrogen-bond donors (Lipinski definition) is 0. The molecule has 4 heterocycles. The Kier molecular flexibility index (Phi) is 3.87. The van der Waals surface area contributed by atoms with Gasteiger partial charge in [-0.2, -0.15) is 0 Å². The molecule has 2 aliphatic rings. The van der Waals surface area contributed by atoms with Gasteiger partial charge < -0.3 is 8.83 Å². The molecule has 136 valence electrons. The SMILES string of the molecule is O=C1C(=Cc2ccco2)N=C2C(Cc3ccccc3)=NC(c3ccoc3)=CN12. The topological polar surface area (TPSA) is 71.3 Å². The molecule has 0 bridgehead atoms. The van der Waals surface area contributed by atoms with E-state index in [0.29, 0.717) is 29.4 Å². The minimum absolute atomic E-state index is 0.215. The van der Waals surface area contributed by atoms with Crippen LogP contribution in [0.15, 0.2) is 98.0 Å². The Labute approximate surface area is 160 Å². The first kappa shape index (κ1) is 16.3. The summed E-state index contributed by atoms with van der Waals surface area (Å²) in [7, 11) is 0. The molecule has 6 heteroatoms. The van der Waals surface area contributed by atoms with Crippen LogP contribution in [-0.2, 0) is 11.2 Å². The van der Waals surface area contributed by atoms with E-state index in [1.54, 1.807) is 48.1 Å². The van der Waals surface area contributed by atoms with Gasteiger partial charge in [0.05, 0.1) is 30.2 Å². The van der Waals surface area contributed by atoms with E-state index in [0.717, 1.165) is 16.8 Å². The van der Waals surface area contributed by atoms with Crippen molar-refractivity contribution in [1.29, 1.82) is 0 Å². The maximum Gasteiger partial charge on any atom is 0.282 e. The molecule has 0 unspecified atom stereocenters. The minimum atomic E-state index is -0.215. The lowest BCUT2D eigenvalue weighted by molar-refractivity contribution is -0.120. The van der Waals surface area contributed by atoms with E-state index in [2.05, 4.69) is 4.99 Å². The second kappa shape index (κ2) is 6.66. The van der Waals surface area contributed by atoms with Gasteiger partial charge in [-0.1, -0.05) is 30.3 Å². The fourth-order valence-corrected chi connectivity index (χ4v) is 3.16. The molecule has 0 N–H and O–H groups in total. The molecule has 1 aromatic carbocycles. The van der Waals surface area contributed by atoms with Gasteiger partial charge >= 0.3 is 0 Å². The first-order chi connectivity index (χ1) is 13.8. The van der Waals surface area contributed by atoms with Gasteiger partial charge in [0.15, 0.2) is 5.84 Å². The van der Waals surface area contributed by atoms with Crippen LogP contribution in [0.3, 0.4) is 0 Å². The molecule has 0 saturated heterocycles. The van der Waals surface area contributed by atoms with Crippen LogP contribution in [0.2, 0.25) is 0 Å². The minimum Gasteiger partial charge on any atom is -0.472 e. The standard InChI is InChI=1S/C22H15N3O3/c26-22-19(12-17-7-4-9-28-17)24-21-18(11-15-5-2-1-3-6-15)23-20(13-25(21)22)16-8-10-27-14-16/h1-10,12-14H,11H2. The van der Waals surface area contributed by atoms with Gasteiger partial charge in [-0.15, -0.1) is 0 Å². The highest BCUT2D eigenvalue weighted by Gasteiger charge is 2.35. The largest absolute Gasteiger partial charge is 0.472 e. The Morgan fingerprint density at radius 2 is 1.89 bits per heavy atom. The molecular weight excluding hydrogens is 354 g/mol. The maximum atomic E-state index is 13.0. The van der Waals surface area contributed by atoms with E-state index in [1.165, 1.54) is 0 Å². The highest BCUT2D eigenvalue weighted by molar-refractivity contribution is 6.48. The van der Waals surface area contributed by atoms with Crippen LogP contribution in [0.4, 0.5) is 0 Å². The van der Waals surface area contributed by atoms with E-state index in [9.17, 15) is 4.79 Å². The van der Waals surface area contributed by atoms with Crippen molar-refractivity contribution in [1.82, 2.24) is 4.90 Å². The number of nitrogens with zero attached hydrogens (tertiary/aromatic N) is 3. The monoisotopic (exact) mass is 369 g/mol. The highest BCUT2D eigenvalue weighted by Crippen LogP contribution is 2.28. The third kappa shape index (κ3) is 2.91. The number of benzene rings is 1. The molecule has 0 fully saturated rings. The summed E-state index contributed by atoms with van der Waals surface area (Å²) < 4.78 is 10.5. The van der Waals surface area contributed by atoms with E-state index in [4.69, 9.17) is 13.8 Å². The number of amides is 1. The number of carbonyl (C=O) groups is 1. The summed E-state index contributed by atoms with van der Waals surface area (Å²) in [6.07, 6.45) is 8.65. The van der Waals surface area contributed by atoms with Crippen LogP contribution in [0, 0.1) is 0 Å². The average molecular weight is 369 g/mol. The van der Waals surface area contributed by atoms with Crippen molar-refractivity contribution in [2.45, 2.75) is 6.42 Å². The van der Waals surface area contributed by atoms with Crippen LogP contribution in [0.1, 0.15) is 16.9 Å². The van der Waals surface area contributed by atoms with Gasteiger partial charge in [0.1, 0.15) is 11.5 Å². The summed E-state index contributed by atoms with van der Waals surface area (Å²) in [5, 5.41) is 0. The molecule has 1 amide bonds. The van der Waals surface area contributed by atoms with Crippen molar-refractivity contribution in [3.05, 3.63) is 96.1 Å². The number of rotatable bonds is 4. The number of amidine groups is 1. The van der Waals surface area contributed by atoms with Gasteiger partial charge in [0.2, 0.25) is 0 Å². The second-order valence-corrected chi connectivity index (χ2v) is 6.40. The Bertz CT molecular complexity index is 1140. The normalized spacial score (nSPS) is 17.4. The maximum absolute atomic E-state index is 13.0. The third-order valence-corrected chi connectivity index (χ3v) is 4.51. The van der Waals surface area contributed by atoms with Gasteiger partial charge in [-0.3, -0.25) is 9.69 Å². The summed E-state index contributed by atoms with van der Waals surface area (Å²) >= 11 is 0. The molecule has 6 nitrogen and oxygen atoms in total. The van der Waals surface area contributed by atoms with E-state index in [-0.39, 0.29) is 5.91 Å². The summed E-state index contributed by atoms with van der Waals surface area (Å²) in [5.41, 5.74) is 3.59. The van der Waals surface area contributed by atoms with Crippen molar-refractivity contribution >= 4 is 29.2 Å². The smallest absolute Gasteiger partial charge is 0.282 e. The highest BCUT2D eigenvalue weighted by atomic mass is 16.3. The molecule has 5 rings (SSSR count). The number of fused-ring (bicyclic) bond motifs is 1. The summed E-state index contributed by atoms with van der Waals surface area (Å²) in [6.45, 7) is 0. The van der Waals surface area contributed by atoms with Gasteiger partial charge in [0, 0.05) is 24.3 Å². The number of aliphatic imine (C=N–C) groups is 2. The zero-order chi connectivity index (χ0) is 18.9. The van der Waals surface area contributed by atoms with Gasteiger partial charge in [-0.05, 0) is 23.8 Å². The molecule has 0 aliphatic carbocycles. The van der Waals surface area contributed by atoms with Crippen LogP contribution in [0.5, 0.6) is 0 Å². The summed E-state index contributed by atoms with van der Waals surface area (Å²) in [4.78, 5) is 23.8. The van der Waals surface area contributed by atoms with Crippen molar-refractivity contribution in [2.24, 2.45) is 9.98 Å². The molecule has 0 spiro atoms. The predicted molar refractivity (Wildman–Crippen MR) is 105 cm³/mol. The fraction of sp³-hybridized carbons (Fsp3) is 0.0455. The van der Waals surface area contributed by atoms with Gasteiger partial charge in [0.25, 0.3) is 5.91 Å². The van der Waals surface area contributed by atoms with E-state index >= 15 is 0 Å². The summed E-state index contributed by atoms with van der Waals surface area (Å²) in [6, 6.07) is 15.3. The quantitative estimate of drug-likeness (QED) is 0.649. The predicted octanol–water partition coefficient (Wildman–Crippen LogP) is 4.15. The number of hydrogen-bond acceptors (Lipinski definition) is 5. The zero-order valence-electron chi connectivity index (χ0n) is 14.8. The molecule has 0 radical (unpaired) electrons. The zero-order valence-corrected chi connectivity index (χ0v) is 14.8. The molecule has 28 heavy (non-hydrogen) atoms. The van der Waals surface area contributed by atoms with Crippen molar-refractivity contribution in [2.75, 3.05) is 0 Å². The van der Waals surface area contributed by atoms with Crippen LogP contribution >= 0.6 is 0 Å². The third-order valence-electron chi connectivity index (χ3n) is 4.51. The Balaban J connectivity index is 1.58. The number of furan rings is 2. The van der Waals surface area contributed by atoms with Crippen LogP contribution in [0.25, 0.3) is 11.8 Å². The Morgan fingerprint density at radius 3 is 2.64 bits per heavy atom. The van der Waals surface area contributed by atoms with E-state index in [1.807, 2.05) is 36.4 Å². The van der Waals surface area contributed by atoms with Crippen LogP contribution < -0.4 is 0 Å². The molecule has 0 saturated carbocycles. The summed E-state index contributed by atoms with van der Waals surface area (Å²) in [5.74, 6) is 0.903. The molecule has 2 aromatic heterocycles. The number of carbonyl (C=O) groups excluding carboxylic acids is 1. The fourth-order valence-electron chi connectivity index (χ4n) is 3.16. The molecule has 0 atom stereocenters. The average Bonchev–Trinajstić information content (AvgIpc) is 3.47. The molecule has 3 aromatic rings. The van der Waals surface area contributed by atoms with Crippen molar-refractivity contribution in [3.63, 3.8) is 0 Å². The second-order valence-electron chi connectivity index (χ2n) is 6.40. The van der Waals surface area contributed by atoms with Crippen molar-refractivity contribution in [3.8, 4) is 0 Å². The van der Waals surface area contributed by atoms with Crippen LogP contribution in [-0.4, -0.2) is 22.4 Å². The first-order valence-corrected chi connectivity index (χ1v) is 8.82. The lowest BCUT2D eigenvalue weighted by Crippen LogP contribution is -2.36. The Hall–Kier alpha value is -3.93. The lowest BCUT2D eigenvalue weighted by atomic mass is 10.1. The first-order valence-electron chi connectivity index (χ1n) is 8.82.